The topological polar surface area (TPSA) is 77.5 Å². The van der Waals surface area contributed by atoms with Gasteiger partial charge in [-0.3, -0.25) is 9.59 Å². The minimum absolute atomic E-state index is 0.0822. The SMILES string of the molecule is COc1cc(NC(=O)CC(=O)C(F)(F)F)nc(OC)c1. The van der Waals surface area contributed by atoms with Gasteiger partial charge in [0.1, 0.15) is 11.6 Å². The average Bonchev–Trinajstić information content (AvgIpc) is 2.36. The van der Waals surface area contributed by atoms with E-state index >= 15 is 0 Å². The smallest absolute Gasteiger partial charge is 0.450 e. The lowest BCUT2D eigenvalue weighted by atomic mass is 10.2. The van der Waals surface area contributed by atoms with Gasteiger partial charge >= 0.3 is 6.18 Å². The zero-order valence-corrected chi connectivity index (χ0v) is 10.6. The van der Waals surface area contributed by atoms with E-state index in [0.717, 1.165) is 0 Å². The summed E-state index contributed by atoms with van der Waals surface area (Å²) in [6.07, 6.45) is -6.36. The Morgan fingerprint density at radius 3 is 2.40 bits per heavy atom. The van der Waals surface area contributed by atoms with E-state index in [-0.39, 0.29) is 17.4 Å². The molecule has 9 heteroatoms. The maximum absolute atomic E-state index is 12.0. The monoisotopic (exact) mass is 292 g/mol. The van der Waals surface area contributed by atoms with Crippen molar-refractivity contribution in [3.05, 3.63) is 12.1 Å². The van der Waals surface area contributed by atoms with Gasteiger partial charge in [-0.1, -0.05) is 0 Å². The molecule has 0 aliphatic rings. The first-order valence-electron chi connectivity index (χ1n) is 5.26. The molecule has 1 heterocycles. The van der Waals surface area contributed by atoms with Crippen LogP contribution in [0.2, 0.25) is 0 Å². The van der Waals surface area contributed by atoms with E-state index in [2.05, 4.69) is 10.3 Å². The Bertz CT molecular complexity index is 495. The van der Waals surface area contributed by atoms with Crippen LogP contribution in [-0.4, -0.2) is 37.1 Å². The molecule has 1 amide bonds. The Morgan fingerprint density at radius 2 is 1.90 bits per heavy atom. The highest BCUT2D eigenvalue weighted by Crippen LogP contribution is 2.22. The van der Waals surface area contributed by atoms with Crippen LogP contribution in [0.4, 0.5) is 19.0 Å². The van der Waals surface area contributed by atoms with Gasteiger partial charge in [-0.2, -0.15) is 18.2 Å². The molecule has 0 bridgehead atoms. The molecule has 110 valence electrons. The number of carbonyl (C=O) groups excluding carboxylic acids is 2. The molecular formula is C11H11F3N2O4. The lowest BCUT2D eigenvalue weighted by Crippen LogP contribution is -2.28. The second kappa shape index (κ2) is 6.22. The van der Waals surface area contributed by atoms with E-state index in [1.807, 2.05) is 0 Å². The normalized spacial score (nSPS) is 10.8. The zero-order chi connectivity index (χ0) is 15.3. The fraction of sp³-hybridized carbons (Fsp3) is 0.364. The number of nitrogens with zero attached hydrogens (tertiary/aromatic N) is 1. The standard InChI is InChI=1S/C11H11F3N2O4/c1-19-6-3-8(16-10(4-6)20-2)15-9(18)5-7(17)11(12,13)14/h3-4H,5H2,1-2H3,(H,15,16,18). The number of carbonyl (C=O) groups is 2. The molecule has 0 aliphatic heterocycles. The largest absolute Gasteiger partial charge is 0.496 e. The number of nitrogens with one attached hydrogen (secondary N) is 1. The molecule has 0 fully saturated rings. The number of ether oxygens (including phenoxy) is 2. The number of ketones is 1. The summed E-state index contributed by atoms with van der Waals surface area (Å²) in [6, 6.07) is 2.69. The van der Waals surface area contributed by atoms with Crippen LogP contribution in [0, 0.1) is 0 Å². The van der Waals surface area contributed by atoms with Gasteiger partial charge < -0.3 is 14.8 Å². The van der Waals surface area contributed by atoms with Gasteiger partial charge in [0.05, 0.1) is 20.6 Å². The van der Waals surface area contributed by atoms with E-state index in [1.54, 1.807) is 0 Å². The van der Waals surface area contributed by atoms with E-state index in [4.69, 9.17) is 9.47 Å². The first-order chi connectivity index (χ1) is 9.26. The third-order valence-electron chi connectivity index (χ3n) is 2.12. The average molecular weight is 292 g/mol. The molecule has 1 aromatic heterocycles. The third-order valence-corrected chi connectivity index (χ3v) is 2.12. The fourth-order valence-electron chi connectivity index (χ4n) is 1.20. The number of anilines is 1. The first-order valence-corrected chi connectivity index (χ1v) is 5.26. The minimum atomic E-state index is -5.04. The van der Waals surface area contributed by atoms with E-state index < -0.39 is 24.3 Å². The quantitative estimate of drug-likeness (QED) is 0.833. The van der Waals surface area contributed by atoms with E-state index in [0.29, 0.717) is 0 Å². The van der Waals surface area contributed by atoms with E-state index in [1.165, 1.54) is 26.4 Å². The van der Waals surface area contributed by atoms with Gasteiger partial charge in [-0.05, 0) is 0 Å². The maximum Gasteiger partial charge on any atom is 0.450 e. The van der Waals surface area contributed by atoms with Crippen LogP contribution in [0.3, 0.4) is 0 Å². The summed E-state index contributed by atoms with van der Waals surface area (Å²) in [5.41, 5.74) is 0. The summed E-state index contributed by atoms with van der Waals surface area (Å²) in [5, 5.41) is 2.06. The fourth-order valence-corrected chi connectivity index (χ4v) is 1.20. The van der Waals surface area contributed by atoms with Gasteiger partial charge in [0, 0.05) is 12.1 Å². The Labute approximate surface area is 111 Å². The highest BCUT2D eigenvalue weighted by atomic mass is 19.4. The van der Waals surface area contributed by atoms with Crippen molar-refractivity contribution in [2.75, 3.05) is 19.5 Å². The predicted molar refractivity (Wildman–Crippen MR) is 61.6 cm³/mol. The molecule has 20 heavy (non-hydrogen) atoms. The highest BCUT2D eigenvalue weighted by Gasteiger charge is 2.39. The Kier molecular flexibility index (Phi) is 4.89. The van der Waals surface area contributed by atoms with Gasteiger partial charge in [-0.25, -0.2) is 0 Å². The van der Waals surface area contributed by atoms with Gasteiger partial charge in [0.25, 0.3) is 0 Å². The van der Waals surface area contributed by atoms with Crippen LogP contribution in [-0.2, 0) is 9.59 Å². The van der Waals surface area contributed by atoms with Crippen molar-refractivity contribution < 1.29 is 32.2 Å². The lowest BCUT2D eigenvalue weighted by molar-refractivity contribution is -0.171. The van der Waals surface area contributed by atoms with Crippen molar-refractivity contribution >= 4 is 17.5 Å². The molecule has 0 atom stereocenters. The molecule has 1 aromatic rings. The first kappa shape index (κ1) is 15.7. The maximum atomic E-state index is 12.0. The molecule has 0 aromatic carbocycles. The second-order valence-electron chi connectivity index (χ2n) is 3.58. The number of methoxy groups -OCH3 is 2. The number of hydrogen-bond acceptors (Lipinski definition) is 5. The van der Waals surface area contributed by atoms with Crippen molar-refractivity contribution in [1.29, 1.82) is 0 Å². The number of hydrogen-bond donors (Lipinski definition) is 1. The molecule has 0 aliphatic carbocycles. The highest BCUT2D eigenvalue weighted by molar-refractivity contribution is 6.05. The molecule has 0 unspecified atom stereocenters. The Balaban J connectivity index is 2.78. The summed E-state index contributed by atoms with van der Waals surface area (Å²) in [5.74, 6) is -2.96. The number of Topliss-reactive ketones (excluding diaryl/α,β-unsaturated/α-hetero) is 1. The molecule has 6 nitrogen and oxygen atoms in total. The molecular weight excluding hydrogens is 281 g/mol. The van der Waals surface area contributed by atoms with Crippen molar-refractivity contribution in [3.8, 4) is 11.6 Å². The summed E-state index contributed by atoms with van der Waals surface area (Å²) < 4.78 is 45.7. The number of pyridine rings is 1. The van der Waals surface area contributed by atoms with Crippen LogP contribution < -0.4 is 14.8 Å². The summed E-state index contributed by atoms with van der Waals surface area (Å²) in [4.78, 5) is 25.8. The number of rotatable bonds is 5. The molecule has 1 rings (SSSR count). The molecule has 0 saturated heterocycles. The zero-order valence-electron chi connectivity index (χ0n) is 10.6. The molecule has 1 N–H and O–H groups in total. The molecule has 0 spiro atoms. The number of aromatic nitrogens is 1. The Morgan fingerprint density at radius 1 is 1.25 bits per heavy atom. The van der Waals surface area contributed by atoms with E-state index in [9.17, 15) is 22.8 Å². The summed E-state index contributed by atoms with van der Waals surface area (Å²) in [6.45, 7) is 0. The second-order valence-corrected chi connectivity index (χ2v) is 3.58. The van der Waals surface area contributed by atoms with Crippen molar-refractivity contribution in [3.63, 3.8) is 0 Å². The van der Waals surface area contributed by atoms with Crippen LogP contribution in [0.1, 0.15) is 6.42 Å². The van der Waals surface area contributed by atoms with Crippen LogP contribution >= 0.6 is 0 Å². The third kappa shape index (κ3) is 4.41. The van der Waals surface area contributed by atoms with Crippen molar-refractivity contribution in [2.45, 2.75) is 12.6 Å². The lowest BCUT2D eigenvalue weighted by Gasteiger charge is -2.09. The van der Waals surface area contributed by atoms with Crippen LogP contribution in [0.25, 0.3) is 0 Å². The Hall–Kier alpha value is -2.32. The molecule has 0 radical (unpaired) electrons. The van der Waals surface area contributed by atoms with Gasteiger partial charge in [0.2, 0.25) is 17.6 Å². The van der Waals surface area contributed by atoms with Gasteiger partial charge in [-0.15, -0.1) is 0 Å². The number of amides is 1. The van der Waals surface area contributed by atoms with Crippen molar-refractivity contribution in [2.24, 2.45) is 0 Å². The number of halogens is 3. The number of alkyl halides is 3. The van der Waals surface area contributed by atoms with Crippen LogP contribution in [0.15, 0.2) is 12.1 Å². The summed E-state index contributed by atoms with van der Waals surface area (Å²) in [7, 11) is 2.67. The van der Waals surface area contributed by atoms with Crippen LogP contribution in [0.5, 0.6) is 11.6 Å². The minimum Gasteiger partial charge on any atom is -0.496 e. The summed E-state index contributed by atoms with van der Waals surface area (Å²) >= 11 is 0. The molecule has 0 saturated carbocycles. The predicted octanol–water partition coefficient (Wildman–Crippen LogP) is 1.56. The van der Waals surface area contributed by atoms with Crippen molar-refractivity contribution in [1.82, 2.24) is 4.98 Å². The van der Waals surface area contributed by atoms with Gasteiger partial charge in [0.15, 0.2) is 0 Å².